The second kappa shape index (κ2) is 16.3. The molecule has 1 rings (SSSR count). The van der Waals surface area contributed by atoms with E-state index in [0.717, 1.165) is 0 Å². The van der Waals surface area contributed by atoms with Crippen molar-refractivity contribution in [1.29, 1.82) is 0 Å². The first-order valence-corrected chi connectivity index (χ1v) is 5.71. The number of nitrogens with two attached hydrogens (primary N) is 1. The van der Waals surface area contributed by atoms with E-state index in [2.05, 4.69) is 15.2 Å². The third-order valence-electron chi connectivity index (χ3n) is 1.30. The fraction of sp³-hybridized carbons (Fsp3) is 0.818. The van der Waals surface area contributed by atoms with Crippen molar-refractivity contribution in [2.75, 3.05) is 38.8 Å². The average Bonchev–Trinajstić information content (AvgIpc) is 2.38. The Kier molecular flexibility index (Phi) is 11.2. The third kappa shape index (κ3) is 17.7. The van der Waals surface area contributed by atoms with Gasteiger partial charge in [-0.05, 0) is 13.3 Å². The molecule has 0 amide bonds. The van der Waals surface area contributed by atoms with Crippen LogP contribution in [0, 0.1) is 0 Å². The van der Waals surface area contributed by atoms with Crippen molar-refractivity contribution in [3.63, 3.8) is 0 Å². The van der Waals surface area contributed by atoms with Crippen LogP contribution < -0.4 is 5.73 Å². The molecule has 0 aromatic carbocycles. The van der Waals surface area contributed by atoms with Gasteiger partial charge in [0, 0.05) is 25.0 Å². The molecule has 7 heteroatoms. The minimum Gasteiger partial charge on any atom is -0.465 e. The molecule has 0 aromatic rings. The Morgan fingerprint density at radius 1 is 1.78 bits per heavy atom. The second-order valence-corrected chi connectivity index (χ2v) is 3.03. The molecule has 1 aliphatic rings. The van der Waals surface area contributed by atoms with Crippen molar-refractivity contribution < 1.29 is 29.7 Å². The summed E-state index contributed by atoms with van der Waals surface area (Å²) in [7, 11) is 0. The number of carbonyl (C=O) groups excluding carboxylic acids is 2. The van der Waals surface area contributed by atoms with Gasteiger partial charge in [-0.25, -0.2) is 0 Å². The van der Waals surface area contributed by atoms with E-state index in [1.165, 1.54) is 0 Å². The molecule has 0 aromatic heterocycles. The molecule has 0 spiro atoms. The standard InChI is InChI=1S/C5H8O2.C4H7ClO2.C2H7NO/c6-5-2-1-3-7-4-5;1-2-7-4(6)3-5;3-1-2-4/h1-4H2;2-3H2,1H3;4H,1-3H2/i1D2;;1D2. The van der Waals surface area contributed by atoms with Crippen LogP contribution in [0.25, 0.3) is 0 Å². The molecule has 1 heterocycles. The molecule has 18 heavy (non-hydrogen) atoms. The van der Waals surface area contributed by atoms with Crippen molar-refractivity contribution in [2.45, 2.75) is 19.7 Å². The first-order valence-electron chi connectivity index (χ1n) is 7.18. The zero-order valence-electron chi connectivity index (χ0n) is 14.3. The Bertz CT molecular complexity index is 339. The van der Waals surface area contributed by atoms with Gasteiger partial charge in [-0.15, -0.1) is 11.6 Å². The van der Waals surface area contributed by atoms with Crippen molar-refractivity contribution in [3.8, 4) is 0 Å². The van der Waals surface area contributed by atoms with Crippen LogP contribution in [0.5, 0.6) is 0 Å². The SMILES string of the molecule is CCOC(=O)CCl.[2H]C([2H])(N)CO.[2H]C1([2H])COCC(=O)C1. The molecule has 6 nitrogen and oxygen atoms in total. The minimum absolute atomic E-state index is 0.00694. The van der Waals surface area contributed by atoms with Crippen LogP contribution in [-0.2, 0) is 19.1 Å². The number of esters is 1. The molecule has 1 aliphatic heterocycles. The molecule has 1 saturated heterocycles. The van der Waals surface area contributed by atoms with Crippen molar-refractivity contribution in [1.82, 2.24) is 0 Å². The van der Waals surface area contributed by atoms with Gasteiger partial charge >= 0.3 is 5.97 Å². The number of aliphatic hydroxyl groups excluding tert-OH is 1. The van der Waals surface area contributed by atoms with Crippen LogP contribution >= 0.6 is 11.6 Å². The first-order chi connectivity index (χ1) is 9.97. The molecular formula is C11H22ClNO5. The fourth-order valence-corrected chi connectivity index (χ4v) is 0.755. The summed E-state index contributed by atoms with van der Waals surface area (Å²) < 4.78 is 36.0. The molecule has 108 valence electrons. The van der Waals surface area contributed by atoms with Gasteiger partial charge in [-0.2, -0.15) is 0 Å². The predicted molar refractivity (Wildman–Crippen MR) is 68.6 cm³/mol. The van der Waals surface area contributed by atoms with E-state index in [1.807, 2.05) is 0 Å². The summed E-state index contributed by atoms with van der Waals surface area (Å²) in [6, 6.07) is 0. The summed E-state index contributed by atoms with van der Waals surface area (Å²) in [5.74, 6) is -0.552. The first kappa shape index (κ1) is 12.3. The van der Waals surface area contributed by atoms with Crippen molar-refractivity contribution >= 4 is 23.4 Å². The van der Waals surface area contributed by atoms with Crippen LogP contribution in [0.2, 0.25) is 0 Å². The summed E-state index contributed by atoms with van der Waals surface area (Å²) in [5, 5.41) is 7.90. The lowest BCUT2D eigenvalue weighted by Crippen LogP contribution is -2.15. The van der Waals surface area contributed by atoms with Crippen LogP contribution in [0.3, 0.4) is 0 Å². The summed E-state index contributed by atoms with van der Waals surface area (Å²) >= 11 is 5.06. The van der Waals surface area contributed by atoms with Crippen molar-refractivity contribution in [2.24, 2.45) is 5.73 Å². The van der Waals surface area contributed by atoms with Gasteiger partial charge in [0.2, 0.25) is 0 Å². The molecule has 0 unspecified atom stereocenters. The van der Waals surface area contributed by atoms with Gasteiger partial charge in [0.1, 0.15) is 12.5 Å². The topological polar surface area (TPSA) is 98.8 Å². The Labute approximate surface area is 118 Å². The van der Waals surface area contributed by atoms with Gasteiger partial charge in [0.25, 0.3) is 0 Å². The summed E-state index contributed by atoms with van der Waals surface area (Å²) in [4.78, 5) is 20.6. The molecule has 0 saturated carbocycles. The number of hydrogen-bond acceptors (Lipinski definition) is 6. The number of carbonyl (C=O) groups is 2. The van der Waals surface area contributed by atoms with E-state index >= 15 is 0 Å². The van der Waals surface area contributed by atoms with Gasteiger partial charge in [-0.1, -0.05) is 0 Å². The number of ether oxygens (including phenoxy) is 2. The maximum atomic E-state index is 10.5. The van der Waals surface area contributed by atoms with E-state index in [1.54, 1.807) is 6.92 Å². The van der Waals surface area contributed by atoms with Crippen LogP contribution in [0.15, 0.2) is 0 Å². The second-order valence-electron chi connectivity index (χ2n) is 2.76. The molecule has 1 fully saturated rings. The fourth-order valence-electron chi connectivity index (χ4n) is 0.678. The lowest BCUT2D eigenvalue weighted by molar-refractivity contribution is -0.140. The number of rotatable bonds is 3. The summed E-state index contributed by atoms with van der Waals surface area (Å²) in [6.07, 6.45) is -1.41. The molecular weight excluding hydrogens is 262 g/mol. The highest BCUT2D eigenvalue weighted by atomic mass is 35.5. The van der Waals surface area contributed by atoms with Crippen LogP contribution in [-0.4, -0.2) is 55.7 Å². The molecule has 0 atom stereocenters. The Morgan fingerprint density at radius 2 is 2.39 bits per heavy atom. The Hall–Kier alpha value is -0.690. The Balaban J connectivity index is 0. The van der Waals surface area contributed by atoms with E-state index in [0.29, 0.717) is 6.61 Å². The largest absolute Gasteiger partial charge is 0.465 e. The number of halogens is 1. The zero-order valence-corrected chi connectivity index (χ0v) is 11.0. The molecule has 3 N–H and O–H groups in total. The van der Waals surface area contributed by atoms with Crippen LogP contribution in [0.1, 0.15) is 25.2 Å². The molecule has 0 radical (unpaired) electrons. The lowest BCUT2D eigenvalue weighted by atomic mass is 10.2. The lowest BCUT2D eigenvalue weighted by Gasteiger charge is -2.07. The quantitative estimate of drug-likeness (QED) is 0.564. The highest BCUT2D eigenvalue weighted by Gasteiger charge is 2.06. The van der Waals surface area contributed by atoms with Gasteiger partial charge in [-0.3, -0.25) is 9.59 Å². The normalized spacial score (nSPS) is 20.6. The van der Waals surface area contributed by atoms with E-state index in [4.69, 9.17) is 22.2 Å². The maximum Gasteiger partial charge on any atom is 0.320 e. The smallest absolute Gasteiger partial charge is 0.320 e. The summed E-state index contributed by atoms with van der Waals surface area (Å²) in [5.41, 5.74) is 4.62. The highest BCUT2D eigenvalue weighted by molar-refractivity contribution is 6.26. The average molecular weight is 288 g/mol. The van der Waals surface area contributed by atoms with Gasteiger partial charge in [0.05, 0.1) is 13.2 Å². The number of Topliss-reactive ketones (excluding diaryl/α,β-unsaturated/α-hetero) is 1. The van der Waals surface area contributed by atoms with Gasteiger partial charge < -0.3 is 20.3 Å². The Morgan fingerprint density at radius 3 is 2.61 bits per heavy atom. The number of ketones is 1. The van der Waals surface area contributed by atoms with E-state index in [9.17, 15) is 9.59 Å². The number of hydrogen-bond donors (Lipinski definition) is 2. The zero-order chi connectivity index (χ0) is 17.8. The van der Waals surface area contributed by atoms with E-state index < -0.39 is 19.5 Å². The highest BCUT2D eigenvalue weighted by Crippen LogP contribution is 1.98. The number of alkyl halides is 1. The maximum absolute atomic E-state index is 10.5. The monoisotopic (exact) mass is 287 g/mol. The molecule has 0 bridgehead atoms. The number of aliphatic hydroxyl groups is 1. The minimum atomic E-state index is -1.90. The van der Waals surface area contributed by atoms with Crippen molar-refractivity contribution in [3.05, 3.63) is 0 Å². The van der Waals surface area contributed by atoms with Crippen LogP contribution in [0.4, 0.5) is 0 Å². The molecule has 0 aliphatic carbocycles. The summed E-state index contributed by atoms with van der Waals surface area (Å²) in [6.45, 7) is -0.235. The van der Waals surface area contributed by atoms with Gasteiger partial charge in [0.15, 0.2) is 5.78 Å². The predicted octanol–water partition coefficient (Wildman–Crippen LogP) is 0.0916. The third-order valence-corrected chi connectivity index (χ3v) is 1.51. The van der Waals surface area contributed by atoms with E-state index in [-0.39, 0.29) is 37.3 Å².